The molecule has 0 N–H and O–H groups in total. The molecule has 2 atom stereocenters. The van der Waals surface area contributed by atoms with Crippen molar-refractivity contribution in [1.29, 1.82) is 0 Å². The van der Waals surface area contributed by atoms with Crippen molar-refractivity contribution in [3.05, 3.63) is 64.7 Å². The molecule has 30 heavy (non-hydrogen) atoms. The summed E-state index contributed by atoms with van der Waals surface area (Å²) in [4.78, 5) is 30.4. The van der Waals surface area contributed by atoms with Gasteiger partial charge in [0, 0.05) is 17.6 Å². The molecule has 1 amide bonds. The van der Waals surface area contributed by atoms with Gasteiger partial charge in [-0.1, -0.05) is 55.8 Å². The lowest BCUT2D eigenvalue weighted by Crippen LogP contribution is -2.49. The lowest BCUT2D eigenvalue weighted by atomic mass is 9.72. The van der Waals surface area contributed by atoms with Crippen LogP contribution in [0.25, 0.3) is 0 Å². The number of nitrogens with zero attached hydrogens (tertiary/aromatic N) is 2. The Bertz CT molecular complexity index is 903. The summed E-state index contributed by atoms with van der Waals surface area (Å²) in [5, 5.41) is 0.500. The SMILES string of the molecule is CCN(CC)C(C)N(C)C(=O)CC1(c2ccccc2)C(=O)Oc2ccc(Cl)cc21.Cl. The molecule has 0 bridgehead atoms. The molecule has 2 unspecified atom stereocenters. The van der Waals surface area contributed by atoms with Crippen LogP contribution in [-0.2, 0) is 15.0 Å². The average molecular weight is 451 g/mol. The number of ether oxygens (including phenoxy) is 1. The molecule has 5 nitrogen and oxygen atoms in total. The van der Waals surface area contributed by atoms with E-state index in [1.54, 1.807) is 30.1 Å². The monoisotopic (exact) mass is 450 g/mol. The molecule has 2 aromatic rings. The lowest BCUT2D eigenvalue weighted by Gasteiger charge is -2.36. The van der Waals surface area contributed by atoms with Crippen LogP contribution in [0.3, 0.4) is 0 Å². The lowest BCUT2D eigenvalue weighted by molar-refractivity contribution is -0.143. The van der Waals surface area contributed by atoms with Crippen molar-refractivity contribution in [3.63, 3.8) is 0 Å². The number of benzene rings is 2. The number of esters is 1. The van der Waals surface area contributed by atoms with Crippen LogP contribution < -0.4 is 4.74 Å². The van der Waals surface area contributed by atoms with Gasteiger partial charge in [0.25, 0.3) is 0 Å². The van der Waals surface area contributed by atoms with Crippen LogP contribution in [0.1, 0.15) is 38.3 Å². The Morgan fingerprint density at radius 3 is 2.37 bits per heavy atom. The van der Waals surface area contributed by atoms with Gasteiger partial charge >= 0.3 is 5.97 Å². The van der Waals surface area contributed by atoms with Crippen molar-refractivity contribution in [3.8, 4) is 5.75 Å². The first-order valence-corrected chi connectivity index (χ1v) is 10.3. The van der Waals surface area contributed by atoms with Gasteiger partial charge in [-0.05, 0) is 43.8 Å². The summed E-state index contributed by atoms with van der Waals surface area (Å²) in [6, 6.07) is 14.4. The second kappa shape index (κ2) is 9.82. The van der Waals surface area contributed by atoms with Crippen LogP contribution in [0.2, 0.25) is 5.02 Å². The molecular weight excluding hydrogens is 423 g/mol. The Balaban J connectivity index is 0.00000320. The van der Waals surface area contributed by atoms with E-state index in [0.717, 1.165) is 18.7 Å². The summed E-state index contributed by atoms with van der Waals surface area (Å²) in [6.07, 6.45) is -0.104. The third-order valence-electron chi connectivity index (χ3n) is 5.93. The summed E-state index contributed by atoms with van der Waals surface area (Å²) in [7, 11) is 1.78. The van der Waals surface area contributed by atoms with Gasteiger partial charge in [-0.2, -0.15) is 0 Å². The fourth-order valence-corrected chi connectivity index (χ4v) is 4.22. The Hall–Kier alpha value is -2.08. The first-order chi connectivity index (χ1) is 13.8. The van der Waals surface area contributed by atoms with E-state index in [4.69, 9.17) is 16.3 Å². The second-order valence-electron chi connectivity index (χ2n) is 7.34. The minimum atomic E-state index is -1.21. The van der Waals surface area contributed by atoms with E-state index in [0.29, 0.717) is 16.3 Å². The Kier molecular flexibility index (Phi) is 7.92. The first-order valence-electron chi connectivity index (χ1n) is 9.92. The van der Waals surface area contributed by atoms with E-state index in [9.17, 15) is 9.59 Å². The van der Waals surface area contributed by atoms with Crippen LogP contribution in [-0.4, -0.2) is 48.0 Å². The average Bonchev–Trinajstić information content (AvgIpc) is 3.00. The molecular formula is C23H28Cl2N2O3. The van der Waals surface area contributed by atoms with Crippen molar-refractivity contribution in [2.45, 2.75) is 38.8 Å². The van der Waals surface area contributed by atoms with Gasteiger partial charge in [-0.25, -0.2) is 0 Å². The third-order valence-corrected chi connectivity index (χ3v) is 6.17. The van der Waals surface area contributed by atoms with Gasteiger partial charge in [-0.3, -0.25) is 14.5 Å². The Morgan fingerprint density at radius 1 is 1.13 bits per heavy atom. The van der Waals surface area contributed by atoms with Crippen LogP contribution in [0.5, 0.6) is 5.75 Å². The first kappa shape index (κ1) is 24.2. The third kappa shape index (κ3) is 4.20. The van der Waals surface area contributed by atoms with Crippen LogP contribution in [0, 0.1) is 0 Å². The van der Waals surface area contributed by atoms with Crippen LogP contribution >= 0.6 is 24.0 Å². The summed E-state index contributed by atoms with van der Waals surface area (Å²) in [5.41, 5.74) is 0.150. The van der Waals surface area contributed by atoms with Crippen LogP contribution in [0.15, 0.2) is 48.5 Å². The minimum absolute atomic E-state index is 0. The maximum absolute atomic E-state index is 13.4. The zero-order valence-corrected chi connectivity index (χ0v) is 19.3. The molecule has 1 heterocycles. The number of hydrogen-bond donors (Lipinski definition) is 0. The summed E-state index contributed by atoms with van der Waals surface area (Å²) < 4.78 is 5.58. The zero-order valence-electron chi connectivity index (χ0n) is 17.7. The van der Waals surface area contributed by atoms with E-state index >= 15 is 0 Å². The van der Waals surface area contributed by atoms with Gasteiger partial charge in [0.05, 0.1) is 12.6 Å². The molecule has 2 aromatic carbocycles. The minimum Gasteiger partial charge on any atom is -0.425 e. The smallest absolute Gasteiger partial charge is 0.327 e. The molecule has 0 radical (unpaired) electrons. The molecule has 1 aliphatic rings. The van der Waals surface area contributed by atoms with Crippen molar-refractivity contribution in [1.82, 2.24) is 9.80 Å². The number of rotatable bonds is 7. The van der Waals surface area contributed by atoms with E-state index in [1.807, 2.05) is 37.3 Å². The Labute approximate surface area is 189 Å². The van der Waals surface area contributed by atoms with Crippen molar-refractivity contribution in [2.24, 2.45) is 0 Å². The highest BCUT2D eigenvalue weighted by Gasteiger charge is 2.52. The molecule has 0 fully saturated rings. The maximum atomic E-state index is 13.4. The summed E-state index contributed by atoms with van der Waals surface area (Å²) >= 11 is 6.25. The molecule has 0 saturated heterocycles. The number of fused-ring (bicyclic) bond motifs is 1. The molecule has 162 valence electrons. The molecule has 0 spiro atoms. The summed E-state index contributed by atoms with van der Waals surface area (Å²) in [5.74, 6) is -0.119. The quantitative estimate of drug-likeness (QED) is 0.353. The van der Waals surface area contributed by atoms with Crippen molar-refractivity contribution >= 4 is 35.9 Å². The van der Waals surface area contributed by atoms with Gasteiger partial charge in [0.15, 0.2) is 0 Å². The fourth-order valence-electron chi connectivity index (χ4n) is 4.04. The molecule has 1 aliphatic heterocycles. The largest absolute Gasteiger partial charge is 0.425 e. The second-order valence-corrected chi connectivity index (χ2v) is 7.77. The predicted molar refractivity (Wildman–Crippen MR) is 121 cm³/mol. The standard InChI is InChI=1S/C23H27ClN2O3.ClH/c1-5-26(6-2)16(3)25(4)21(27)15-23(17-10-8-7-9-11-17)19-14-18(24)12-13-20(19)29-22(23)28;/h7-14,16H,5-6,15H2,1-4H3;1H. The number of carbonyl (C=O) groups excluding carboxylic acids is 2. The summed E-state index contributed by atoms with van der Waals surface area (Å²) in [6.45, 7) is 7.80. The van der Waals surface area contributed by atoms with E-state index in [1.165, 1.54) is 0 Å². The normalized spacial score (nSPS) is 18.4. The van der Waals surface area contributed by atoms with E-state index in [2.05, 4.69) is 18.7 Å². The number of hydrogen-bond acceptors (Lipinski definition) is 4. The molecule has 7 heteroatoms. The maximum Gasteiger partial charge on any atom is 0.327 e. The fraction of sp³-hybridized carbons (Fsp3) is 0.391. The predicted octanol–water partition coefficient (Wildman–Crippen LogP) is 4.50. The molecule has 3 rings (SSSR count). The van der Waals surface area contributed by atoms with Crippen molar-refractivity contribution in [2.75, 3.05) is 20.1 Å². The Morgan fingerprint density at radius 2 is 1.77 bits per heavy atom. The highest BCUT2D eigenvalue weighted by atomic mass is 35.5. The van der Waals surface area contributed by atoms with Gasteiger partial charge < -0.3 is 9.64 Å². The number of amides is 1. The highest BCUT2D eigenvalue weighted by molar-refractivity contribution is 6.30. The van der Waals surface area contributed by atoms with E-state index in [-0.39, 0.29) is 30.9 Å². The van der Waals surface area contributed by atoms with Gasteiger partial charge in [-0.15, -0.1) is 12.4 Å². The van der Waals surface area contributed by atoms with E-state index < -0.39 is 11.4 Å². The number of halogens is 2. The van der Waals surface area contributed by atoms with Crippen molar-refractivity contribution < 1.29 is 14.3 Å². The topological polar surface area (TPSA) is 49.9 Å². The molecule has 0 aliphatic carbocycles. The highest BCUT2D eigenvalue weighted by Crippen LogP contribution is 2.48. The molecule has 0 aromatic heterocycles. The zero-order chi connectivity index (χ0) is 21.2. The van der Waals surface area contributed by atoms with Crippen LogP contribution in [0.4, 0.5) is 0 Å². The number of carbonyl (C=O) groups is 2. The molecule has 0 saturated carbocycles. The van der Waals surface area contributed by atoms with Gasteiger partial charge in [0.2, 0.25) is 5.91 Å². The van der Waals surface area contributed by atoms with Gasteiger partial charge in [0.1, 0.15) is 11.2 Å².